The van der Waals surface area contributed by atoms with Gasteiger partial charge < -0.3 is 29.2 Å². The van der Waals surface area contributed by atoms with Crippen LogP contribution >= 0.6 is 0 Å². The minimum absolute atomic E-state index is 0.0962. The summed E-state index contributed by atoms with van der Waals surface area (Å²) >= 11 is 0. The van der Waals surface area contributed by atoms with Crippen LogP contribution in [0.5, 0.6) is 11.5 Å². The van der Waals surface area contributed by atoms with Crippen molar-refractivity contribution in [3.05, 3.63) is 57.6 Å². The first-order valence-corrected chi connectivity index (χ1v) is 11.8. The number of nitrogens with one attached hydrogen (secondary N) is 2. The number of likely N-dealkylation sites (N-methyl/N-ethyl adjacent to an activating group) is 1. The molecule has 1 amide bonds. The smallest absolute Gasteiger partial charge is 0.412 e. The number of fused-ring (bicyclic) bond motifs is 1. The normalized spacial score (nSPS) is 11.4. The van der Waals surface area contributed by atoms with Gasteiger partial charge in [-0.2, -0.15) is 0 Å². The molecule has 2 N–H and O–H groups in total. The largest absolute Gasteiger partial charge is 0.492 e. The molecular formula is C26H36N4O4. The Morgan fingerprint density at radius 3 is 2.68 bits per heavy atom. The Hall–Kier alpha value is -3.26. The number of amides is 1. The van der Waals surface area contributed by atoms with Crippen LogP contribution in [0.4, 0.5) is 4.79 Å². The lowest BCUT2D eigenvalue weighted by molar-refractivity contribution is 0.200. The van der Waals surface area contributed by atoms with E-state index in [9.17, 15) is 9.59 Å². The number of hydrogen-bond donors (Lipinski definition) is 2. The molecule has 184 valence electrons. The average molecular weight is 469 g/mol. The Labute approximate surface area is 200 Å². The average Bonchev–Trinajstić information content (AvgIpc) is 3.17. The van der Waals surface area contributed by atoms with E-state index in [1.807, 2.05) is 50.3 Å². The summed E-state index contributed by atoms with van der Waals surface area (Å²) in [6, 6.07) is 7.84. The third-order valence-electron chi connectivity index (χ3n) is 5.63. The van der Waals surface area contributed by atoms with Gasteiger partial charge in [0.15, 0.2) is 0 Å². The van der Waals surface area contributed by atoms with E-state index in [0.717, 1.165) is 41.5 Å². The van der Waals surface area contributed by atoms with Gasteiger partial charge in [-0.05, 0) is 59.0 Å². The lowest BCUT2D eigenvalue weighted by atomic mass is 10.0. The molecule has 34 heavy (non-hydrogen) atoms. The summed E-state index contributed by atoms with van der Waals surface area (Å²) in [6.07, 6.45) is 3.04. The lowest BCUT2D eigenvalue weighted by Gasteiger charge is -2.15. The molecule has 2 aromatic heterocycles. The standard InChI is InChI=1S/C26H36N4O4/c1-7-8-19-13-18(4)28-25(31)22(19)16-27-26(32)34-24-15-20(33-12-11-29(5)6)14-23-21(24)9-10-30(23)17(2)3/h9-10,13-15,17H,7-8,11-12,16H2,1-6H3,(H,27,32)(H,28,31). The molecule has 0 spiro atoms. The third kappa shape index (κ3) is 6.20. The van der Waals surface area contributed by atoms with E-state index in [1.54, 1.807) is 6.07 Å². The minimum Gasteiger partial charge on any atom is -0.492 e. The van der Waals surface area contributed by atoms with E-state index in [2.05, 4.69) is 35.6 Å². The van der Waals surface area contributed by atoms with Crippen LogP contribution in [0.15, 0.2) is 35.3 Å². The highest BCUT2D eigenvalue weighted by Gasteiger charge is 2.16. The summed E-state index contributed by atoms with van der Waals surface area (Å²) in [4.78, 5) is 30.1. The molecule has 0 saturated heterocycles. The van der Waals surface area contributed by atoms with E-state index >= 15 is 0 Å². The molecule has 0 aliphatic rings. The molecule has 0 atom stereocenters. The number of carbonyl (C=O) groups excluding carboxylic acids is 1. The Morgan fingerprint density at radius 1 is 1.24 bits per heavy atom. The highest BCUT2D eigenvalue weighted by atomic mass is 16.6. The molecule has 0 aliphatic heterocycles. The van der Waals surface area contributed by atoms with Gasteiger partial charge in [0.05, 0.1) is 12.1 Å². The van der Waals surface area contributed by atoms with Crippen LogP contribution in [0.3, 0.4) is 0 Å². The van der Waals surface area contributed by atoms with Crippen LogP contribution in [-0.2, 0) is 13.0 Å². The predicted octanol–water partition coefficient (Wildman–Crippen LogP) is 4.40. The second kappa shape index (κ2) is 11.2. The zero-order chi connectivity index (χ0) is 24.8. The first-order chi connectivity index (χ1) is 16.2. The molecule has 0 radical (unpaired) electrons. The monoisotopic (exact) mass is 468 g/mol. The maximum Gasteiger partial charge on any atom is 0.412 e. The van der Waals surface area contributed by atoms with Gasteiger partial charge in [-0.3, -0.25) is 4.79 Å². The van der Waals surface area contributed by atoms with Gasteiger partial charge in [-0.25, -0.2) is 4.79 Å². The van der Waals surface area contributed by atoms with E-state index in [0.29, 0.717) is 23.7 Å². The van der Waals surface area contributed by atoms with Crippen molar-refractivity contribution in [2.45, 2.75) is 53.1 Å². The highest BCUT2D eigenvalue weighted by molar-refractivity contribution is 5.90. The van der Waals surface area contributed by atoms with Crippen LogP contribution in [0.2, 0.25) is 0 Å². The third-order valence-corrected chi connectivity index (χ3v) is 5.63. The molecule has 0 saturated carbocycles. The lowest BCUT2D eigenvalue weighted by Crippen LogP contribution is -2.30. The second-order valence-electron chi connectivity index (χ2n) is 9.10. The van der Waals surface area contributed by atoms with Crippen molar-refractivity contribution in [2.75, 3.05) is 27.2 Å². The minimum atomic E-state index is -0.619. The van der Waals surface area contributed by atoms with E-state index in [4.69, 9.17) is 9.47 Å². The molecule has 0 bridgehead atoms. The molecular weight excluding hydrogens is 432 g/mol. The number of carbonyl (C=O) groups is 1. The predicted molar refractivity (Wildman–Crippen MR) is 135 cm³/mol. The first-order valence-electron chi connectivity index (χ1n) is 11.8. The summed E-state index contributed by atoms with van der Waals surface area (Å²) < 4.78 is 13.8. The van der Waals surface area contributed by atoms with Gasteiger partial charge in [0.1, 0.15) is 18.1 Å². The maximum absolute atomic E-state index is 12.7. The summed E-state index contributed by atoms with van der Waals surface area (Å²) in [5.74, 6) is 1.05. The highest BCUT2D eigenvalue weighted by Crippen LogP contribution is 2.33. The first kappa shape index (κ1) is 25.4. The number of rotatable bonds is 10. The van der Waals surface area contributed by atoms with Crippen molar-refractivity contribution in [3.8, 4) is 11.5 Å². The van der Waals surface area contributed by atoms with Crippen molar-refractivity contribution in [1.29, 1.82) is 0 Å². The van der Waals surface area contributed by atoms with Gasteiger partial charge in [-0.1, -0.05) is 13.3 Å². The van der Waals surface area contributed by atoms with Crippen LogP contribution in [0, 0.1) is 6.92 Å². The number of benzene rings is 1. The molecule has 3 aromatic rings. The summed E-state index contributed by atoms with van der Waals surface area (Å²) in [5, 5.41) is 3.57. The summed E-state index contributed by atoms with van der Waals surface area (Å²) in [7, 11) is 3.97. The number of ether oxygens (including phenoxy) is 2. The Kier molecular flexibility index (Phi) is 8.39. The molecule has 8 heteroatoms. The van der Waals surface area contributed by atoms with Gasteiger partial charge in [-0.15, -0.1) is 0 Å². The molecule has 0 aliphatic carbocycles. The Bertz CT molecular complexity index is 1190. The molecule has 0 fully saturated rings. The van der Waals surface area contributed by atoms with Crippen LogP contribution in [0.1, 0.15) is 50.1 Å². The van der Waals surface area contributed by atoms with Crippen LogP contribution in [0.25, 0.3) is 10.9 Å². The zero-order valence-electron chi connectivity index (χ0n) is 21.0. The maximum atomic E-state index is 12.7. The number of aryl methyl sites for hydroxylation is 2. The van der Waals surface area contributed by atoms with Crippen molar-refractivity contribution in [1.82, 2.24) is 19.8 Å². The SMILES string of the molecule is CCCc1cc(C)[nH]c(=O)c1CNC(=O)Oc1cc(OCCN(C)C)cc2c1ccn2C(C)C. The number of aromatic amines is 1. The molecule has 0 unspecified atom stereocenters. The number of hydrogen-bond acceptors (Lipinski definition) is 5. The molecule has 8 nitrogen and oxygen atoms in total. The fourth-order valence-electron chi connectivity index (χ4n) is 3.94. The number of nitrogens with zero attached hydrogens (tertiary/aromatic N) is 2. The van der Waals surface area contributed by atoms with Gasteiger partial charge in [0.25, 0.3) is 5.56 Å². The van der Waals surface area contributed by atoms with E-state index in [1.165, 1.54) is 0 Å². The van der Waals surface area contributed by atoms with E-state index in [-0.39, 0.29) is 18.1 Å². The second-order valence-corrected chi connectivity index (χ2v) is 9.10. The van der Waals surface area contributed by atoms with Gasteiger partial charge in [0.2, 0.25) is 0 Å². The van der Waals surface area contributed by atoms with Gasteiger partial charge in [0, 0.05) is 47.6 Å². The quantitative estimate of drug-likeness (QED) is 0.460. The number of H-pyrrole nitrogens is 1. The summed E-state index contributed by atoms with van der Waals surface area (Å²) in [6.45, 7) is 9.49. The number of aromatic nitrogens is 2. The van der Waals surface area contributed by atoms with Crippen molar-refractivity contribution >= 4 is 17.0 Å². The Morgan fingerprint density at radius 2 is 2.00 bits per heavy atom. The number of pyridine rings is 1. The van der Waals surface area contributed by atoms with Gasteiger partial charge >= 0.3 is 6.09 Å². The molecule has 2 heterocycles. The van der Waals surface area contributed by atoms with Crippen LogP contribution < -0.4 is 20.3 Å². The topological polar surface area (TPSA) is 88.6 Å². The Balaban J connectivity index is 1.82. The molecule has 3 rings (SSSR count). The summed E-state index contributed by atoms with van der Waals surface area (Å²) in [5.41, 5.74) is 3.05. The van der Waals surface area contributed by atoms with Crippen molar-refractivity contribution in [3.63, 3.8) is 0 Å². The molecule has 1 aromatic carbocycles. The fourth-order valence-corrected chi connectivity index (χ4v) is 3.94. The van der Waals surface area contributed by atoms with E-state index < -0.39 is 6.09 Å². The zero-order valence-corrected chi connectivity index (χ0v) is 21.0. The van der Waals surface area contributed by atoms with Crippen molar-refractivity contribution < 1.29 is 14.3 Å². The van der Waals surface area contributed by atoms with Crippen LogP contribution in [-0.4, -0.2) is 47.8 Å². The van der Waals surface area contributed by atoms with Crippen molar-refractivity contribution in [2.24, 2.45) is 0 Å². The fraction of sp³-hybridized carbons (Fsp3) is 0.462.